The van der Waals surface area contributed by atoms with Gasteiger partial charge in [-0.05, 0) is 37.1 Å². The van der Waals surface area contributed by atoms with Gasteiger partial charge in [0, 0.05) is 37.8 Å². The molecule has 0 radical (unpaired) electrons. The number of ether oxygens (including phenoxy) is 1. The number of hydrogen-bond donors (Lipinski definition) is 1. The van der Waals surface area contributed by atoms with E-state index in [1.807, 2.05) is 17.0 Å². The second-order valence-electron chi connectivity index (χ2n) is 7.61. The second-order valence-corrected chi connectivity index (χ2v) is 7.61. The Morgan fingerprint density at radius 2 is 2.04 bits per heavy atom. The zero-order valence-electron chi connectivity index (χ0n) is 15.2. The zero-order chi connectivity index (χ0) is 18.8. The predicted molar refractivity (Wildman–Crippen MR) is 104 cm³/mol. The van der Waals surface area contributed by atoms with E-state index in [-0.39, 0.29) is 17.8 Å². The van der Waals surface area contributed by atoms with Crippen molar-refractivity contribution in [3.8, 4) is 17.1 Å². The van der Waals surface area contributed by atoms with Gasteiger partial charge in [0.2, 0.25) is 0 Å². The van der Waals surface area contributed by atoms with Gasteiger partial charge in [-0.3, -0.25) is 9.36 Å². The second kappa shape index (κ2) is 5.78. The highest BCUT2D eigenvalue weighted by Gasteiger charge is 2.35. The Hall–Kier alpha value is -2.93. The summed E-state index contributed by atoms with van der Waals surface area (Å²) in [4.78, 5) is 19.8. The van der Waals surface area contributed by atoms with Crippen molar-refractivity contribution >= 4 is 22.5 Å². The third-order valence-corrected chi connectivity index (χ3v) is 5.70. The van der Waals surface area contributed by atoms with Gasteiger partial charge in [-0.1, -0.05) is 0 Å². The van der Waals surface area contributed by atoms with Gasteiger partial charge in [0.05, 0.1) is 23.0 Å². The van der Waals surface area contributed by atoms with Crippen molar-refractivity contribution in [3.63, 3.8) is 0 Å². The molecule has 6 nitrogen and oxygen atoms in total. The summed E-state index contributed by atoms with van der Waals surface area (Å²) in [6.45, 7) is 3.15. The summed E-state index contributed by atoms with van der Waals surface area (Å²) in [5, 5.41) is 3.86. The SMILES string of the molecule is O=C1c2c(nc3cc(N4CCNCC4)c(F)cc3c2OC2CC2)-c2cccn21. The summed E-state index contributed by atoms with van der Waals surface area (Å²) in [6.07, 6.45) is 3.75. The first-order valence-corrected chi connectivity index (χ1v) is 9.73. The van der Waals surface area contributed by atoms with E-state index in [0.717, 1.165) is 44.7 Å². The molecule has 7 heteroatoms. The number of carbonyl (C=O) groups is 1. The van der Waals surface area contributed by atoms with Crippen LogP contribution in [0.3, 0.4) is 0 Å². The molecule has 0 unspecified atom stereocenters. The van der Waals surface area contributed by atoms with Gasteiger partial charge >= 0.3 is 0 Å². The first-order valence-electron chi connectivity index (χ1n) is 9.73. The molecule has 3 aromatic rings. The van der Waals surface area contributed by atoms with Crippen molar-refractivity contribution in [2.24, 2.45) is 0 Å². The van der Waals surface area contributed by atoms with Crippen molar-refractivity contribution in [1.82, 2.24) is 14.9 Å². The molecule has 1 aliphatic carbocycles. The number of hydrogen-bond acceptors (Lipinski definition) is 5. The molecule has 3 aliphatic rings. The summed E-state index contributed by atoms with van der Waals surface area (Å²) in [6, 6.07) is 7.00. The Morgan fingerprint density at radius 1 is 1.21 bits per heavy atom. The molecule has 6 rings (SSSR count). The Bertz CT molecular complexity index is 1130. The summed E-state index contributed by atoms with van der Waals surface area (Å²) in [5.74, 6) is 0.00968. The first-order chi connectivity index (χ1) is 13.7. The molecule has 0 spiro atoms. The Labute approximate surface area is 160 Å². The van der Waals surface area contributed by atoms with Crippen LogP contribution < -0.4 is 15.0 Å². The van der Waals surface area contributed by atoms with E-state index < -0.39 is 0 Å². The molecular weight excluding hydrogens is 359 g/mol. The number of carbonyl (C=O) groups excluding carboxylic acids is 1. The van der Waals surface area contributed by atoms with Crippen LogP contribution in [0.4, 0.5) is 10.1 Å². The molecule has 1 N–H and O–H groups in total. The van der Waals surface area contributed by atoms with E-state index in [9.17, 15) is 4.79 Å². The minimum Gasteiger partial charge on any atom is -0.489 e. The maximum absolute atomic E-state index is 15.1. The van der Waals surface area contributed by atoms with E-state index in [1.165, 1.54) is 6.07 Å². The standard InChI is InChI=1S/C21H19FN4O2/c22-14-10-13-15(11-17(14)25-8-5-23-6-9-25)24-19-16-2-1-7-26(16)21(27)18(19)20(13)28-12-3-4-12/h1-2,7,10-12,23H,3-6,8-9H2. The van der Waals surface area contributed by atoms with Crippen LogP contribution >= 0.6 is 0 Å². The monoisotopic (exact) mass is 378 g/mol. The fraction of sp³-hybridized carbons (Fsp3) is 0.333. The molecule has 2 fully saturated rings. The van der Waals surface area contributed by atoms with Crippen LogP contribution in [0.25, 0.3) is 22.3 Å². The van der Waals surface area contributed by atoms with Gasteiger partial charge in [-0.25, -0.2) is 9.37 Å². The number of nitrogens with zero attached hydrogens (tertiary/aromatic N) is 3. The summed E-state index contributed by atoms with van der Waals surface area (Å²) >= 11 is 0. The third-order valence-electron chi connectivity index (χ3n) is 5.70. The average molecular weight is 378 g/mol. The molecule has 0 bridgehead atoms. The van der Waals surface area contributed by atoms with Gasteiger partial charge < -0.3 is 15.0 Å². The van der Waals surface area contributed by atoms with Crippen molar-refractivity contribution < 1.29 is 13.9 Å². The molecule has 2 aliphatic heterocycles. The van der Waals surface area contributed by atoms with E-state index in [2.05, 4.69) is 5.32 Å². The number of nitrogens with one attached hydrogen (secondary N) is 1. The van der Waals surface area contributed by atoms with Gasteiger partial charge in [0.1, 0.15) is 22.8 Å². The zero-order valence-corrected chi connectivity index (χ0v) is 15.2. The predicted octanol–water partition coefficient (Wildman–Crippen LogP) is 2.80. The van der Waals surface area contributed by atoms with Gasteiger partial charge in [0.25, 0.3) is 5.91 Å². The molecule has 28 heavy (non-hydrogen) atoms. The molecular formula is C21H19FN4O2. The number of benzene rings is 1. The normalized spacial score (nSPS) is 18.5. The summed E-state index contributed by atoms with van der Waals surface area (Å²) < 4.78 is 22.8. The first kappa shape index (κ1) is 16.1. The molecule has 2 aromatic heterocycles. The third kappa shape index (κ3) is 2.29. The molecule has 4 heterocycles. The number of anilines is 1. The Morgan fingerprint density at radius 3 is 2.82 bits per heavy atom. The minimum absolute atomic E-state index is 0.0957. The van der Waals surface area contributed by atoms with Crippen LogP contribution in [0.15, 0.2) is 30.5 Å². The molecule has 0 atom stereocenters. The Balaban J connectivity index is 1.59. The van der Waals surface area contributed by atoms with Crippen molar-refractivity contribution in [1.29, 1.82) is 0 Å². The lowest BCUT2D eigenvalue weighted by Crippen LogP contribution is -2.43. The molecule has 1 aromatic carbocycles. The van der Waals surface area contributed by atoms with E-state index in [1.54, 1.807) is 16.8 Å². The fourth-order valence-corrected chi connectivity index (χ4v) is 4.12. The Kier molecular flexibility index (Phi) is 3.32. The lowest BCUT2D eigenvalue weighted by atomic mass is 10.1. The molecule has 1 saturated carbocycles. The average Bonchev–Trinajstić information content (AvgIpc) is 3.32. The minimum atomic E-state index is -0.304. The smallest absolute Gasteiger partial charge is 0.268 e. The lowest BCUT2D eigenvalue weighted by Gasteiger charge is -2.30. The molecule has 0 amide bonds. The molecule has 142 valence electrons. The van der Waals surface area contributed by atoms with E-state index in [0.29, 0.717) is 33.6 Å². The van der Waals surface area contributed by atoms with E-state index in [4.69, 9.17) is 9.72 Å². The highest BCUT2D eigenvalue weighted by atomic mass is 19.1. The van der Waals surface area contributed by atoms with Crippen LogP contribution in [0.2, 0.25) is 0 Å². The van der Waals surface area contributed by atoms with E-state index >= 15 is 4.39 Å². The number of halogens is 1. The highest BCUT2D eigenvalue weighted by Crippen LogP contribution is 2.44. The maximum atomic E-state index is 15.1. The molecule has 1 saturated heterocycles. The number of fused-ring (bicyclic) bond motifs is 4. The van der Waals surface area contributed by atoms with Crippen molar-refractivity contribution in [2.45, 2.75) is 18.9 Å². The van der Waals surface area contributed by atoms with Gasteiger partial charge in [-0.2, -0.15) is 0 Å². The number of pyridine rings is 1. The number of aromatic nitrogens is 2. The van der Waals surface area contributed by atoms with Gasteiger partial charge in [-0.15, -0.1) is 0 Å². The van der Waals surface area contributed by atoms with Crippen molar-refractivity contribution in [2.75, 3.05) is 31.1 Å². The van der Waals surface area contributed by atoms with Crippen LogP contribution in [0, 0.1) is 5.82 Å². The maximum Gasteiger partial charge on any atom is 0.268 e. The van der Waals surface area contributed by atoms with Crippen LogP contribution in [-0.2, 0) is 0 Å². The fourth-order valence-electron chi connectivity index (χ4n) is 4.12. The topological polar surface area (TPSA) is 59.4 Å². The number of rotatable bonds is 3. The lowest BCUT2D eigenvalue weighted by molar-refractivity contribution is 0.0965. The quantitative estimate of drug-likeness (QED) is 0.594. The van der Waals surface area contributed by atoms with Crippen LogP contribution in [0.5, 0.6) is 5.75 Å². The largest absolute Gasteiger partial charge is 0.489 e. The van der Waals surface area contributed by atoms with Crippen LogP contribution in [-0.4, -0.2) is 47.7 Å². The highest BCUT2D eigenvalue weighted by molar-refractivity contribution is 6.14. The van der Waals surface area contributed by atoms with Crippen molar-refractivity contribution in [3.05, 3.63) is 41.8 Å². The number of piperazine rings is 1. The summed E-state index contributed by atoms with van der Waals surface area (Å²) in [5.41, 5.74) is 3.04. The van der Waals surface area contributed by atoms with Crippen LogP contribution in [0.1, 0.15) is 23.2 Å². The van der Waals surface area contributed by atoms with Gasteiger partial charge in [0.15, 0.2) is 0 Å². The summed E-state index contributed by atoms with van der Waals surface area (Å²) in [7, 11) is 0.